The first-order chi connectivity index (χ1) is 13.2. The minimum absolute atomic E-state index is 0.0980. The molecule has 1 aromatic rings. The Morgan fingerprint density at radius 1 is 1.29 bits per heavy atom. The lowest BCUT2D eigenvalue weighted by Gasteiger charge is -2.33. The van der Waals surface area contributed by atoms with Gasteiger partial charge < -0.3 is 9.64 Å². The summed E-state index contributed by atoms with van der Waals surface area (Å²) in [5.74, 6) is -0.818. The van der Waals surface area contributed by atoms with E-state index in [1.54, 1.807) is 19.1 Å². The molecule has 28 heavy (non-hydrogen) atoms. The Kier molecular flexibility index (Phi) is 7.91. The van der Waals surface area contributed by atoms with Gasteiger partial charge in [-0.3, -0.25) is 4.79 Å². The van der Waals surface area contributed by atoms with E-state index in [0.717, 1.165) is 10.5 Å². The summed E-state index contributed by atoms with van der Waals surface area (Å²) in [5, 5.41) is 0. The van der Waals surface area contributed by atoms with E-state index in [-0.39, 0.29) is 37.0 Å². The van der Waals surface area contributed by atoms with E-state index in [0.29, 0.717) is 18.4 Å². The Hall–Kier alpha value is -1.58. The molecular weight excluding hydrogens is 390 g/mol. The van der Waals surface area contributed by atoms with Crippen LogP contribution >= 0.6 is 0 Å². The number of carbonyl (C=O) groups is 1. The van der Waals surface area contributed by atoms with Crippen molar-refractivity contribution in [2.45, 2.75) is 38.0 Å². The first-order valence-corrected chi connectivity index (χ1v) is 10.7. The van der Waals surface area contributed by atoms with Crippen LogP contribution < -0.4 is 0 Å². The highest BCUT2D eigenvalue weighted by Crippen LogP contribution is 2.27. The summed E-state index contributed by atoms with van der Waals surface area (Å²) in [6.07, 6.45) is -1.99. The predicted molar refractivity (Wildman–Crippen MR) is 102 cm³/mol. The number of aryl methyl sites for hydroxylation is 2. The predicted octanol–water partition coefficient (Wildman–Crippen LogP) is 2.44. The summed E-state index contributed by atoms with van der Waals surface area (Å²) in [6, 6.07) is 5.18. The molecule has 2 rings (SSSR count). The van der Waals surface area contributed by atoms with Gasteiger partial charge in [-0.2, -0.15) is 4.31 Å². The molecule has 0 saturated carbocycles. The number of nitrogens with zero attached hydrogens (tertiary/aromatic N) is 2. The second kappa shape index (κ2) is 9.76. The number of halogens is 2. The van der Waals surface area contributed by atoms with Crippen LogP contribution in [-0.4, -0.2) is 69.9 Å². The van der Waals surface area contributed by atoms with Crippen molar-refractivity contribution in [3.05, 3.63) is 29.3 Å². The zero-order chi connectivity index (χ0) is 20.9. The summed E-state index contributed by atoms with van der Waals surface area (Å²) in [5.41, 5.74) is 1.66. The highest BCUT2D eigenvalue weighted by Gasteiger charge is 2.34. The molecule has 1 aliphatic heterocycles. The van der Waals surface area contributed by atoms with E-state index in [4.69, 9.17) is 4.74 Å². The molecule has 158 valence electrons. The van der Waals surface area contributed by atoms with Gasteiger partial charge in [-0.05, 0) is 38.3 Å². The highest BCUT2D eigenvalue weighted by atomic mass is 32.2. The molecule has 1 aromatic carbocycles. The Morgan fingerprint density at radius 2 is 1.93 bits per heavy atom. The molecule has 0 aromatic heterocycles. The lowest BCUT2D eigenvalue weighted by Crippen LogP contribution is -2.46. The zero-order valence-electron chi connectivity index (χ0n) is 16.5. The summed E-state index contributed by atoms with van der Waals surface area (Å²) >= 11 is 0. The van der Waals surface area contributed by atoms with Crippen LogP contribution in [0.2, 0.25) is 0 Å². The number of ether oxygens (including phenoxy) is 1. The van der Waals surface area contributed by atoms with Gasteiger partial charge in [0, 0.05) is 32.7 Å². The van der Waals surface area contributed by atoms with Crippen LogP contribution in [0.4, 0.5) is 8.78 Å². The molecule has 0 spiro atoms. The molecule has 1 amide bonds. The fourth-order valence-electron chi connectivity index (χ4n) is 3.49. The first-order valence-electron chi connectivity index (χ1n) is 9.30. The van der Waals surface area contributed by atoms with Crippen molar-refractivity contribution < 1.29 is 26.7 Å². The van der Waals surface area contributed by atoms with Gasteiger partial charge in [-0.1, -0.05) is 17.7 Å². The molecule has 0 unspecified atom stereocenters. The van der Waals surface area contributed by atoms with Crippen molar-refractivity contribution in [2.24, 2.45) is 5.92 Å². The molecule has 0 radical (unpaired) electrons. The number of piperidine rings is 1. The highest BCUT2D eigenvalue weighted by molar-refractivity contribution is 7.89. The summed E-state index contributed by atoms with van der Waals surface area (Å²) in [7, 11) is -2.20. The van der Waals surface area contributed by atoms with Crippen LogP contribution in [0.3, 0.4) is 0 Å². The second-order valence-electron chi connectivity index (χ2n) is 7.12. The van der Waals surface area contributed by atoms with E-state index in [1.807, 2.05) is 13.0 Å². The fourth-order valence-corrected chi connectivity index (χ4v) is 5.16. The van der Waals surface area contributed by atoms with Gasteiger partial charge in [-0.15, -0.1) is 0 Å². The maximum Gasteiger partial charge on any atom is 0.255 e. The molecular formula is C19H28F2N2O4S. The molecule has 0 bridgehead atoms. The number of hydrogen-bond donors (Lipinski definition) is 0. The lowest BCUT2D eigenvalue weighted by atomic mass is 9.96. The number of amides is 1. The minimum Gasteiger partial charge on any atom is -0.383 e. The standard InChI is InChI=1S/C19H28F2N2O4S/c1-14-4-5-17(15(2)12-14)28(25,26)23-8-6-16(7-9-23)19(24)22(10-11-27-3)13-18(20)21/h4-5,12,16,18H,6-11,13H2,1-3H3. The van der Waals surface area contributed by atoms with Gasteiger partial charge in [0.05, 0.1) is 18.0 Å². The molecule has 0 aliphatic carbocycles. The van der Waals surface area contributed by atoms with Crippen LogP contribution in [0.15, 0.2) is 23.1 Å². The Bertz CT molecular complexity index is 778. The van der Waals surface area contributed by atoms with Crippen molar-refractivity contribution in [3.63, 3.8) is 0 Å². The van der Waals surface area contributed by atoms with Crippen LogP contribution in [-0.2, 0) is 19.6 Å². The number of benzene rings is 1. The van der Waals surface area contributed by atoms with Crippen LogP contribution in [0.25, 0.3) is 0 Å². The maximum absolute atomic E-state index is 12.9. The third-order valence-electron chi connectivity index (χ3n) is 4.99. The molecule has 9 heteroatoms. The Balaban J connectivity index is 2.05. The van der Waals surface area contributed by atoms with Gasteiger partial charge in [0.25, 0.3) is 6.43 Å². The molecule has 0 atom stereocenters. The number of sulfonamides is 1. The molecule has 1 saturated heterocycles. The van der Waals surface area contributed by atoms with E-state index in [1.165, 1.54) is 11.4 Å². The van der Waals surface area contributed by atoms with Crippen molar-refractivity contribution >= 4 is 15.9 Å². The lowest BCUT2D eigenvalue weighted by molar-refractivity contribution is -0.139. The fraction of sp³-hybridized carbons (Fsp3) is 0.632. The summed E-state index contributed by atoms with van der Waals surface area (Å²) < 4.78 is 57.7. The van der Waals surface area contributed by atoms with E-state index in [9.17, 15) is 22.0 Å². The molecule has 6 nitrogen and oxygen atoms in total. The van der Waals surface area contributed by atoms with E-state index < -0.39 is 28.9 Å². The molecule has 1 heterocycles. The number of carbonyl (C=O) groups excluding carboxylic acids is 1. The van der Waals surface area contributed by atoms with Gasteiger partial charge in [0.15, 0.2) is 0 Å². The number of hydrogen-bond acceptors (Lipinski definition) is 4. The summed E-state index contributed by atoms with van der Waals surface area (Å²) in [4.78, 5) is 14.0. The Labute approximate surface area is 165 Å². The smallest absolute Gasteiger partial charge is 0.255 e. The quantitative estimate of drug-likeness (QED) is 0.650. The summed E-state index contributed by atoms with van der Waals surface area (Å²) in [6.45, 7) is 3.68. The van der Waals surface area contributed by atoms with Crippen molar-refractivity contribution in [3.8, 4) is 0 Å². The number of rotatable bonds is 8. The van der Waals surface area contributed by atoms with Crippen LogP contribution in [0.1, 0.15) is 24.0 Å². The van der Waals surface area contributed by atoms with Gasteiger partial charge in [0.2, 0.25) is 15.9 Å². The minimum atomic E-state index is -3.64. The zero-order valence-corrected chi connectivity index (χ0v) is 17.3. The van der Waals surface area contributed by atoms with Gasteiger partial charge in [0.1, 0.15) is 0 Å². The van der Waals surface area contributed by atoms with E-state index in [2.05, 4.69) is 0 Å². The number of alkyl halides is 2. The van der Waals surface area contributed by atoms with Crippen molar-refractivity contribution in [2.75, 3.05) is 39.9 Å². The molecule has 0 N–H and O–H groups in total. The normalized spacial score (nSPS) is 16.5. The largest absolute Gasteiger partial charge is 0.383 e. The third-order valence-corrected chi connectivity index (χ3v) is 7.05. The second-order valence-corrected chi connectivity index (χ2v) is 9.02. The first kappa shape index (κ1) is 22.7. The van der Waals surface area contributed by atoms with Crippen LogP contribution in [0, 0.1) is 19.8 Å². The molecule has 1 fully saturated rings. The molecule has 1 aliphatic rings. The number of methoxy groups -OCH3 is 1. The average Bonchev–Trinajstić information content (AvgIpc) is 2.64. The Morgan fingerprint density at radius 3 is 2.46 bits per heavy atom. The SMILES string of the molecule is COCCN(CC(F)F)C(=O)C1CCN(S(=O)(=O)c2ccc(C)cc2C)CC1. The van der Waals surface area contributed by atoms with Gasteiger partial charge in [-0.25, -0.2) is 17.2 Å². The topological polar surface area (TPSA) is 66.9 Å². The monoisotopic (exact) mass is 418 g/mol. The third kappa shape index (κ3) is 5.48. The maximum atomic E-state index is 12.9. The van der Waals surface area contributed by atoms with Crippen LogP contribution in [0.5, 0.6) is 0 Å². The average molecular weight is 419 g/mol. The van der Waals surface area contributed by atoms with E-state index >= 15 is 0 Å². The van der Waals surface area contributed by atoms with Gasteiger partial charge >= 0.3 is 0 Å². The van der Waals surface area contributed by atoms with Crippen molar-refractivity contribution in [1.82, 2.24) is 9.21 Å². The van der Waals surface area contributed by atoms with Crippen molar-refractivity contribution in [1.29, 1.82) is 0 Å².